The molecule has 4 heterocycles. The van der Waals surface area contributed by atoms with Crippen LogP contribution in [-0.4, -0.2) is 232 Å². The minimum absolute atomic E-state index is 0.704. The highest BCUT2D eigenvalue weighted by molar-refractivity contribution is 5.76. The van der Waals surface area contributed by atoms with Crippen LogP contribution in [0.5, 0.6) is 0 Å². The van der Waals surface area contributed by atoms with Crippen LogP contribution in [0.25, 0.3) is 0 Å². The lowest BCUT2D eigenvalue weighted by Crippen LogP contribution is -2.73. The smallest absolute Gasteiger partial charge is 0.305 e. The molecular formula is C52H74N4O31. The molecular weight excluding hydrogens is 1180 g/mol. The van der Waals surface area contributed by atoms with Gasteiger partial charge in [-0.15, -0.1) is 0 Å². The van der Waals surface area contributed by atoms with Crippen LogP contribution in [0.2, 0.25) is 0 Å². The highest BCUT2D eigenvalue weighted by Gasteiger charge is 2.60. The van der Waals surface area contributed by atoms with Crippen molar-refractivity contribution in [2.24, 2.45) is 0 Å². The molecule has 4 aliphatic rings. The summed E-state index contributed by atoms with van der Waals surface area (Å²) in [5.74, 6) is -13.0. The third-order valence-electron chi connectivity index (χ3n) is 12.5. The maximum Gasteiger partial charge on any atom is 0.305 e. The average Bonchev–Trinajstić information content (AvgIpc) is 0.842. The number of amides is 4. The van der Waals surface area contributed by atoms with Crippen molar-refractivity contribution in [1.82, 2.24) is 21.3 Å². The van der Waals surface area contributed by atoms with Gasteiger partial charge in [0.1, 0.15) is 93.3 Å². The molecule has 4 rings (SSSR count). The molecule has 0 saturated carbocycles. The van der Waals surface area contributed by atoms with Crippen LogP contribution < -0.4 is 21.3 Å². The highest BCUT2D eigenvalue weighted by atomic mass is 16.8. The molecule has 0 aromatic carbocycles. The quantitative estimate of drug-likeness (QED) is 0.0539. The number of esters is 10. The van der Waals surface area contributed by atoms with Gasteiger partial charge in [0.05, 0.1) is 0 Å². The zero-order chi connectivity index (χ0) is 65.3. The van der Waals surface area contributed by atoms with Gasteiger partial charge in [-0.25, -0.2) is 0 Å². The molecule has 35 heteroatoms. The molecule has 87 heavy (non-hydrogen) atoms. The molecule has 0 aromatic rings. The zero-order valence-corrected chi connectivity index (χ0v) is 50.0. The van der Waals surface area contributed by atoms with E-state index in [1.54, 1.807) is 0 Å². The van der Waals surface area contributed by atoms with Gasteiger partial charge in [0.25, 0.3) is 0 Å². The summed E-state index contributed by atoms with van der Waals surface area (Å²) in [6.45, 7) is 10.9. The Morgan fingerprint density at radius 1 is 0.253 bits per heavy atom. The monoisotopic (exact) mass is 1250 g/mol. The van der Waals surface area contributed by atoms with Crippen molar-refractivity contribution in [3.63, 3.8) is 0 Å². The van der Waals surface area contributed by atoms with Crippen LogP contribution in [0.1, 0.15) is 96.9 Å². The van der Waals surface area contributed by atoms with Crippen molar-refractivity contribution >= 4 is 83.3 Å². The maximum atomic E-state index is 13.4. The van der Waals surface area contributed by atoms with Crippen molar-refractivity contribution in [3.8, 4) is 0 Å². The molecule has 0 spiro atoms. The second-order valence-corrected chi connectivity index (χ2v) is 20.1. The van der Waals surface area contributed by atoms with Crippen molar-refractivity contribution < 1.29 is 148 Å². The minimum atomic E-state index is -2.07. The Hall–Kier alpha value is -7.70. The third-order valence-corrected chi connectivity index (χ3v) is 12.5. The number of rotatable bonds is 24. The zero-order valence-electron chi connectivity index (χ0n) is 50.0. The first-order valence-corrected chi connectivity index (χ1v) is 26.9. The molecule has 0 radical (unpaired) electrons. The Morgan fingerprint density at radius 2 is 0.448 bits per heavy atom. The summed E-state index contributed by atoms with van der Waals surface area (Å²) in [7, 11) is 0. The molecule has 4 fully saturated rings. The predicted molar refractivity (Wildman–Crippen MR) is 276 cm³/mol. The first kappa shape index (κ1) is 71.8. The number of nitrogens with one attached hydrogen (secondary N) is 4. The van der Waals surface area contributed by atoms with Gasteiger partial charge in [0.15, 0.2) is 49.4 Å². The molecule has 0 bridgehead atoms. The van der Waals surface area contributed by atoms with Crippen molar-refractivity contribution in [3.05, 3.63) is 0 Å². The minimum Gasteiger partial charge on any atom is -0.463 e. The lowest BCUT2D eigenvalue weighted by Gasteiger charge is -2.52. The van der Waals surface area contributed by atoms with Crippen LogP contribution in [-0.2, 0) is 148 Å². The first-order chi connectivity index (χ1) is 40.6. The topological polar surface area (TPSA) is 444 Å². The van der Waals surface area contributed by atoms with E-state index >= 15 is 0 Å². The van der Waals surface area contributed by atoms with Crippen LogP contribution in [0.15, 0.2) is 0 Å². The Labute approximate surface area is 497 Å². The van der Waals surface area contributed by atoms with Gasteiger partial charge < -0.3 is 102 Å². The van der Waals surface area contributed by atoms with Crippen molar-refractivity contribution in [1.29, 1.82) is 0 Å². The summed E-state index contributed by atoms with van der Waals surface area (Å²) in [5, 5.41) is 10.1. The molecule has 488 valence electrons. The Morgan fingerprint density at radius 3 is 0.667 bits per heavy atom. The largest absolute Gasteiger partial charge is 0.463 e. The van der Waals surface area contributed by atoms with E-state index in [2.05, 4.69) is 21.3 Å². The van der Waals surface area contributed by atoms with Crippen LogP contribution in [0.4, 0.5) is 0 Å². The molecule has 0 unspecified atom stereocenters. The second-order valence-electron chi connectivity index (χ2n) is 20.1. The molecule has 4 saturated heterocycles. The normalized spacial score (nSPS) is 31.9. The second kappa shape index (κ2) is 32.9. The fourth-order valence-electron chi connectivity index (χ4n) is 9.73. The van der Waals surface area contributed by atoms with Gasteiger partial charge in [-0.1, -0.05) is 0 Å². The third kappa shape index (κ3) is 21.9. The van der Waals surface area contributed by atoms with Gasteiger partial charge in [-0.05, 0) is 0 Å². The summed E-state index contributed by atoms with van der Waals surface area (Å²) in [5.41, 5.74) is 0. The summed E-state index contributed by atoms with van der Waals surface area (Å²) in [6, 6.07) is -6.94. The van der Waals surface area contributed by atoms with Gasteiger partial charge in [0, 0.05) is 96.9 Å². The molecule has 0 aliphatic carbocycles. The number of ether oxygens (including phenoxy) is 17. The fraction of sp³-hybridized carbons (Fsp3) is 0.731. The van der Waals surface area contributed by atoms with E-state index < -0.39 is 232 Å². The summed E-state index contributed by atoms with van der Waals surface area (Å²) >= 11 is 0. The predicted octanol–water partition coefficient (Wildman–Crippen LogP) is -3.47. The van der Waals surface area contributed by atoms with Crippen molar-refractivity contribution in [2.75, 3.05) is 26.4 Å². The van der Waals surface area contributed by atoms with E-state index in [0.29, 0.717) is 0 Å². The Kier molecular flexibility index (Phi) is 27.1. The van der Waals surface area contributed by atoms with Gasteiger partial charge in [0.2, 0.25) is 29.9 Å². The molecule has 0 aromatic heterocycles. The lowest BCUT2D eigenvalue weighted by molar-refractivity contribution is -0.362. The molecule has 35 nitrogen and oxygen atoms in total. The van der Waals surface area contributed by atoms with Gasteiger partial charge >= 0.3 is 59.7 Å². The number of carbonyl (C=O) groups is 14. The molecule has 4 aliphatic heterocycles. The molecule has 20 atom stereocenters. The number of carbonyl (C=O) groups excluding carboxylic acids is 14. The molecule has 4 amide bonds. The van der Waals surface area contributed by atoms with E-state index in [1.165, 1.54) is 0 Å². The lowest BCUT2D eigenvalue weighted by atomic mass is 9.92. The first-order valence-electron chi connectivity index (χ1n) is 26.9. The Bertz CT molecular complexity index is 2550. The van der Waals surface area contributed by atoms with E-state index in [1.807, 2.05) is 0 Å². The van der Waals surface area contributed by atoms with Crippen LogP contribution in [0.3, 0.4) is 0 Å². The number of hydrogen-bond acceptors (Lipinski definition) is 31. The van der Waals surface area contributed by atoms with Crippen molar-refractivity contribution in [2.45, 2.75) is 220 Å². The Balaban J connectivity index is 1.99. The van der Waals surface area contributed by atoms with E-state index in [4.69, 9.17) is 80.5 Å². The highest BCUT2D eigenvalue weighted by Crippen LogP contribution is 2.38. The van der Waals surface area contributed by atoms with Crippen LogP contribution in [0, 0.1) is 0 Å². The number of hydrogen-bond donors (Lipinski definition) is 4. The standard InChI is InChI=1S/C52H74N4O31/c1-19(57)53-37-46(77-29(11)67)42(34(16-72-24(6)62)81-49(37)80-32(14)70)85-51-39(55-21(3)59)48(79-31(13)69)44(36(83-51)18-74-26(8)64)87-52-40(56-22(4)60)47(78-30(12)68)43(35(84-52)17-73-25(7)63)86-50-38(54-20(2)58)45(76-28(10)66)41(75-27(9)65)33(82-50)15-71-23(5)61/h33-52H,15-18H2,1-14H3,(H,53,57)(H,54,58)(H,55,59)(H,56,60)/t33-,34-,35+,36-,37-,38-,39-,40+,41-,42-,43+,44-,45-,46-,47+,48-,49-,50+,51+,52-/m0/s1. The molecule has 4 N–H and O–H groups in total. The maximum absolute atomic E-state index is 13.4. The fourth-order valence-corrected chi connectivity index (χ4v) is 9.73. The average molecular weight is 1250 g/mol. The van der Waals surface area contributed by atoms with Gasteiger partial charge in [-0.2, -0.15) is 0 Å². The van der Waals surface area contributed by atoms with Gasteiger partial charge in [-0.3, -0.25) is 67.1 Å². The van der Waals surface area contributed by atoms with E-state index in [9.17, 15) is 67.1 Å². The van der Waals surface area contributed by atoms with Crippen LogP contribution >= 0.6 is 0 Å². The SMILES string of the molecule is CC(=O)N[C@@H]1[C@@H](O[C@H]2[C@H](OC(C)=O)[C@@H](NC(C)=O)[C@H](O[C@@H]3[C@@H](OC(C)=O)[C@H](NC(C)=O)[C@@H](O[C@@H]4[C@@H](OC(C)=O)[C@H](NC(C)=O)[C@@H](OC(C)=O)O[C@H]4COC(C)=O)O[C@H]3COC(C)=O)O[C@@H]2COC(C)=O)O[C@@H](COC(C)=O)[C@H](OC(C)=O)[C@H]1OC(C)=O. The summed E-state index contributed by atoms with van der Waals surface area (Å²) in [6.07, 6.45) is -29.1. The van der Waals surface area contributed by atoms with E-state index in [0.717, 1.165) is 96.9 Å². The summed E-state index contributed by atoms with van der Waals surface area (Å²) in [4.78, 5) is 179. The summed E-state index contributed by atoms with van der Waals surface area (Å²) < 4.78 is 100. The van der Waals surface area contributed by atoms with E-state index in [-0.39, 0.29) is 0 Å².